The van der Waals surface area contributed by atoms with Gasteiger partial charge in [0.25, 0.3) is 0 Å². The molecule has 1 aromatic heterocycles. The van der Waals surface area contributed by atoms with Crippen molar-refractivity contribution in [2.24, 2.45) is 20.5 Å². The van der Waals surface area contributed by atoms with Crippen molar-refractivity contribution in [1.29, 1.82) is 0 Å². The predicted molar refractivity (Wildman–Crippen MR) is 242 cm³/mol. The number of fused-ring (bicyclic) bond motifs is 2. The molecular weight excluding hydrogens is 1250 g/mol. The zero-order chi connectivity index (χ0) is 54.1. The molecule has 7 rings (SSSR count). The third-order valence-electron chi connectivity index (χ3n) is 9.71. The van der Waals surface area contributed by atoms with Crippen molar-refractivity contribution in [1.82, 2.24) is 15.0 Å². The SMILES string of the molecule is Cc1ccc(N=Nc2c(S(=O)(=O)[O-])cc3c(S(=O)(=O)[O-])ccc(Nc4nc(F)nc(Nc5cc(S(=O)(=O)[O-])cc6c[c-]c(N=Nc7ccc(S(=O)(=O)CCOSOO[O-])cc7)c(O)c56)n4)c3c2O)c(S(=O)(=O)[O-])c1.[Na+].[Na+].[Na+].[Na+].[Na+].[Na+]. The Morgan fingerprint density at radius 2 is 1.24 bits per heavy atom. The minimum absolute atomic E-state index is 0. The van der Waals surface area contributed by atoms with Crippen LogP contribution in [-0.4, -0.2) is 97.8 Å². The van der Waals surface area contributed by atoms with Gasteiger partial charge in [-0.25, -0.2) is 42.1 Å². The van der Waals surface area contributed by atoms with Crippen LogP contribution in [0.5, 0.6) is 11.5 Å². The molecule has 1 heterocycles. The Balaban J connectivity index is 0.00000533. The summed E-state index contributed by atoms with van der Waals surface area (Å²) in [6, 6.07) is 14.7. The van der Waals surface area contributed by atoms with E-state index in [1.54, 1.807) is 0 Å². The van der Waals surface area contributed by atoms with Crippen LogP contribution >= 0.6 is 12.3 Å². The maximum Gasteiger partial charge on any atom is 1.00 e. The fraction of sp³-hybridized carbons (Fsp3) is 0.0789. The Kier molecular flexibility index (Phi) is 30.4. The molecule has 0 atom stereocenters. The summed E-state index contributed by atoms with van der Waals surface area (Å²) in [6.45, 7) is 1.01. The Bertz CT molecular complexity index is 4090. The number of sulfone groups is 1. The van der Waals surface area contributed by atoms with Crippen LogP contribution < -0.4 is 193 Å². The minimum Gasteiger partial charge on any atom is -0.744 e. The number of benzene rings is 6. The van der Waals surface area contributed by atoms with E-state index in [0.717, 1.165) is 42.5 Å². The Hall–Kier alpha value is -1.04. The van der Waals surface area contributed by atoms with Gasteiger partial charge in [-0.1, -0.05) is 17.5 Å². The smallest absolute Gasteiger partial charge is 0.744 e. The standard InChI is InChI=1S/C38H29FN9O20S6.6Na/c1-18-2-8-24(29(14-18)73(60,61)62)46-48-33-30(74(63,64)65)17-23-28(72(57,58)59)11-10-25(32(23)35(33)50)40-37-42-36(39)43-38(44-37)41-27-16-22(71(54,55)56)15-19-3-9-26(34(49)31(19)27)47-45-20-4-6-21(7-5-20)70(52,53)13-12-66-69-68-67-51;;;;;;/h2-8,10-11,14-17,49-51H,12-13H2,1H3,(H,54,55,56)(H,57,58,59)(H,60,61,62)(H,63,64,65)(H2,40,41,42,43,44);;;;;;/q-1;6*+1/p-5. The van der Waals surface area contributed by atoms with Crippen LogP contribution in [0, 0.1) is 19.1 Å². The monoisotopic (exact) mass is 1270 g/mol. The van der Waals surface area contributed by atoms with E-state index < -0.39 is 151 Å². The maximum atomic E-state index is 15.3. The first-order chi connectivity index (χ1) is 34.5. The zero-order valence-electron chi connectivity index (χ0n) is 42.1. The number of nitrogens with one attached hydrogen (secondary N) is 2. The average molecular weight is 1280 g/mol. The van der Waals surface area contributed by atoms with Crippen molar-refractivity contribution < 1.29 is 271 Å². The van der Waals surface area contributed by atoms with Crippen molar-refractivity contribution in [2.75, 3.05) is 23.0 Å². The molecule has 0 unspecified atom stereocenters. The van der Waals surface area contributed by atoms with Crippen LogP contribution in [-0.2, 0) is 63.9 Å². The van der Waals surface area contributed by atoms with E-state index in [1.165, 1.54) is 25.1 Å². The maximum absolute atomic E-state index is 15.3. The van der Waals surface area contributed by atoms with Gasteiger partial charge < -0.3 is 44.3 Å². The number of hydrogen-bond acceptors (Lipinski definition) is 30. The number of phenols is 2. The molecule has 390 valence electrons. The van der Waals surface area contributed by atoms with Gasteiger partial charge in [0.2, 0.25) is 11.9 Å². The number of aryl methyl sites for hydroxylation is 1. The van der Waals surface area contributed by atoms with E-state index in [-0.39, 0.29) is 217 Å². The van der Waals surface area contributed by atoms with Crippen molar-refractivity contribution in [3.8, 4) is 11.5 Å². The molecule has 0 radical (unpaired) electrons. The number of hydrogen-bond donors (Lipinski definition) is 4. The van der Waals surface area contributed by atoms with Crippen LogP contribution in [0.25, 0.3) is 21.5 Å². The van der Waals surface area contributed by atoms with Crippen molar-refractivity contribution in [2.45, 2.75) is 31.4 Å². The van der Waals surface area contributed by atoms with Crippen molar-refractivity contribution in [3.05, 3.63) is 96.6 Å². The van der Waals surface area contributed by atoms with E-state index in [9.17, 15) is 75.8 Å². The summed E-state index contributed by atoms with van der Waals surface area (Å²) in [5, 5.41) is 53.2. The largest absolute Gasteiger partial charge is 1.00 e. The second kappa shape index (κ2) is 31.6. The predicted octanol–water partition coefficient (Wildman–Crippen LogP) is -13.6. The fourth-order valence-electron chi connectivity index (χ4n) is 6.58. The second-order valence-electron chi connectivity index (χ2n) is 14.6. The average Bonchev–Trinajstić information content (AvgIpc) is 3.29. The van der Waals surface area contributed by atoms with E-state index >= 15 is 4.39 Å². The minimum atomic E-state index is -5.81. The molecule has 42 heteroatoms. The summed E-state index contributed by atoms with van der Waals surface area (Å²) >= 11 is 0.115. The Morgan fingerprint density at radius 3 is 1.81 bits per heavy atom. The van der Waals surface area contributed by atoms with E-state index in [0.29, 0.717) is 18.2 Å². The van der Waals surface area contributed by atoms with Crippen LogP contribution in [0.3, 0.4) is 0 Å². The van der Waals surface area contributed by atoms with Crippen LogP contribution in [0.2, 0.25) is 0 Å². The molecule has 0 aliphatic carbocycles. The number of rotatable bonds is 19. The van der Waals surface area contributed by atoms with Crippen LogP contribution in [0.1, 0.15) is 5.56 Å². The molecular formula is C38H24FN9Na6O20S6. The van der Waals surface area contributed by atoms with Gasteiger partial charge in [0, 0.05) is 27.4 Å². The first-order valence-corrected chi connectivity index (χ1v) is 27.4. The topological polar surface area (TPSA) is 466 Å². The van der Waals surface area contributed by atoms with Crippen LogP contribution in [0.15, 0.2) is 124 Å². The molecule has 0 aliphatic heterocycles. The molecule has 0 fully saturated rings. The normalized spacial score (nSPS) is 11.9. The number of azo groups is 2. The molecule has 6 aromatic carbocycles. The molecule has 0 spiro atoms. The molecule has 80 heavy (non-hydrogen) atoms. The molecule has 0 aliphatic rings. The summed E-state index contributed by atoms with van der Waals surface area (Å²) in [5.74, 6) is -4.47. The summed E-state index contributed by atoms with van der Waals surface area (Å²) < 4.78 is 197. The van der Waals surface area contributed by atoms with Gasteiger partial charge in [-0.3, -0.25) is 9.22 Å². The van der Waals surface area contributed by atoms with Gasteiger partial charge in [0.05, 0.1) is 48.7 Å². The molecule has 0 saturated heterocycles. The molecule has 0 bridgehead atoms. The first-order valence-electron chi connectivity index (χ1n) is 19.4. The third-order valence-corrected chi connectivity index (χ3v) is 15.2. The summed E-state index contributed by atoms with van der Waals surface area (Å²) in [4.78, 5) is 6.10. The number of anilines is 4. The molecule has 29 nitrogen and oxygen atoms in total. The van der Waals surface area contributed by atoms with Gasteiger partial charge in [-0.2, -0.15) is 41.7 Å². The molecule has 7 aromatic rings. The number of aromatic nitrogens is 3. The zero-order valence-corrected chi connectivity index (χ0v) is 59.0. The van der Waals surface area contributed by atoms with Crippen molar-refractivity contribution in [3.63, 3.8) is 0 Å². The van der Waals surface area contributed by atoms with Crippen LogP contribution in [0.4, 0.5) is 50.4 Å². The third kappa shape index (κ3) is 19.2. The molecule has 0 saturated carbocycles. The molecule has 0 amide bonds. The summed E-state index contributed by atoms with van der Waals surface area (Å²) in [6.07, 6.45) is -1.63. The van der Waals surface area contributed by atoms with E-state index in [2.05, 4.69) is 61.5 Å². The van der Waals surface area contributed by atoms with Crippen molar-refractivity contribution >= 4 is 130 Å². The van der Waals surface area contributed by atoms with E-state index in [1.807, 2.05) is 0 Å². The quantitative estimate of drug-likeness (QED) is 0.00854. The van der Waals surface area contributed by atoms with Gasteiger partial charge >= 0.3 is 183 Å². The number of phenolic OH excluding ortho intramolecular Hbond substituents is 2. The van der Waals surface area contributed by atoms with Gasteiger partial charge in [-0.05, 0) is 73.2 Å². The molecule has 4 N–H and O–H groups in total. The van der Waals surface area contributed by atoms with E-state index in [4.69, 9.17) is 4.18 Å². The fourth-order valence-corrected chi connectivity index (χ4v) is 10.5. The van der Waals surface area contributed by atoms with Gasteiger partial charge in [0.15, 0.2) is 27.9 Å². The summed E-state index contributed by atoms with van der Waals surface area (Å²) in [7, 11) is -25.9. The summed E-state index contributed by atoms with van der Waals surface area (Å²) in [5.41, 5.74) is -3.27. The Labute approximate surface area is 590 Å². The second-order valence-corrected chi connectivity index (χ2v) is 22.6. The van der Waals surface area contributed by atoms with Gasteiger partial charge in [0.1, 0.15) is 51.8 Å². The number of halogens is 1. The number of aromatic hydroxyl groups is 2. The Morgan fingerprint density at radius 1 is 0.637 bits per heavy atom. The van der Waals surface area contributed by atoms with Gasteiger partial charge in [-0.15, -0.1) is 19.9 Å². The number of nitrogens with zero attached hydrogens (tertiary/aromatic N) is 7. The first kappa shape index (κ1) is 77.0.